The van der Waals surface area contributed by atoms with Crippen molar-refractivity contribution < 1.29 is 13.7 Å². The molecule has 10 heteroatoms. The zero-order valence-electron chi connectivity index (χ0n) is 18.8. The summed E-state index contributed by atoms with van der Waals surface area (Å²) in [5, 5.41) is 3.84. The van der Waals surface area contributed by atoms with E-state index in [4.69, 9.17) is 9.26 Å². The average Bonchev–Trinajstić information content (AvgIpc) is 3.13. The van der Waals surface area contributed by atoms with Crippen molar-refractivity contribution in [1.82, 2.24) is 24.7 Å². The molecule has 9 nitrogen and oxygen atoms in total. The maximum absolute atomic E-state index is 14.3. The summed E-state index contributed by atoms with van der Waals surface area (Å²) in [6.45, 7) is 3.93. The first-order chi connectivity index (χ1) is 16.5. The summed E-state index contributed by atoms with van der Waals surface area (Å²) in [6, 6.07) is 10.8. The van der Waals surface area contributed by atoms with Crippen LogP contribution in [0, 0.1) is 12.7 Å². The number of rotatable bonds is 4. The van der Waals surface area contributed by atoms with Crippen molar-refractivity contribution in [3.63, 3.8) is 0 Å². The average molecular weight is 462 g/mol. The Kier molecular flexibility index (Phi) is 5.89. The lowest BCUT2D eigenvalue weighted by Crippen LogP contribution is -2.35. The minimum atomic E-state index is -0.525. The molecular formula is C24H23FN6O3. The summed E-state index contributed by atoms with van der Waals surface area (Å²) in [5.41, 5.74) is 2.17. The summed E-state index contributed by atoms with van der Waals surface area (Å²) in [7, 11) is 1.67. The lowest BCUT2D eigenvalue weighted by atomic mass is 9.98. The second kappa shape index (κ2) is 9.14. The van der Waals surface area contributed by atoms with E-state index < -0.39 is 5.82 Å². The fraction of sp³-hybridized carbons (Fsp3) is 0.292. The molecule has 34 heavy (non-hydrogen) atoms. The van der Waals surface area contributed by atoms with Gasteiger partial charge < -0.3 is 14.2 Å². The van der Waals surface area contributed by atoms with Crippen LogP contribution in [0.15, 0.2) is 58.1 Å². The lowest BCUT2D eigenvalue weighted by molar-refractivity contribution is 0.142. The van der Waals surface area contributed by atoms with E-state index in [2.05, 4.69) is 20.1 Å². The van der Waals surface area contributed by atoms with E-state index in [1.165, 1.54) is 22.9 Å². The lowest BCUT2D eigenvalue weighted by Gasteiger charge is -2.26. The number of halogens is 1. The van der Waals surface area contributed by atoms with Crippen LogP contribution in [0.2, 0.25) is 0 Å². The normalized spacial score (nSPS) is 16.4. The van der Waals surface area contributed by atoms with Gasteiger partial charge in [-0.15, -0.1) is 0 Å². The van der Waals surface area contributed by atoms with Crippen LogP contribution in [0.3, 0.4) is 0 Å². The van der Waals surface area contributed by atoms with Gasteiger partial charge in [0, 0.05) is 49.4 Å². The number of pyridine rings is 1. The van der Waals surface area contributed by atoms with Crippen molar-refractivity contribution in [2.45, 2.75) is 12.8 Å². The Bertz CT molecular complexity index is 1370. The fourth-order valence-electron chi connectivity index (χ4n) is 4.04. The smallest absolute Gasteiger partial charge is 0.257 e. The Morgan fingerprint density at radius 1 is 1.15 bits per heavy atom. The van der Waals surface area contributed by atoms with Crippen molar-refractivity contribution in [2.75, 3.05) is 31.2 Å². The second-order valence-electron chi connectivity index (χ2n) is 8.18. The zero-order chi connectivity index (χ0) is 23.7. The predicted octanol–water partition coefficient (Wildman–Crippen LogP) is 2.96. The third-order valence-electron chi connectivity index (χ3n) is 5.86. The number of ether oxygens (including phenoxy) is 1. The van der Waals surface area contributed by atoms with Crippen LogP contribution in [0.5, 0.6) is 0 Å². The Labute approximate surface area is 194 Å². The number of nitrogens with zero attached hydrogens (tertiary/aromatic N) is 6. The molecule has 0 aliphatic carbocycles. The number of aromatic nitrogens is 5. The van der Waals surface area contributed by atoms with Crippen molar-refractivity contribution in [1.29, 1.82) is 0 Å². The van der Waals surface area contributed by atoms with Gasteiger partial charge >= 0.3 is 0 Å². The summed E-state index contributed by atoms with van der Waals surface area (Å²) >= 11 is 0. The van der Waals surface area contributed by atoms with Gasteiger partial charge in [-0.05, 0) is 30.7 Å². The standard InChI is InChI=1S/C24H23FN6O3/c1-15-27-23(34-29-15)17-5-3-16(4-6-17)18-13-31(9-10-33-14-18)24-28-21(11-22(32)30(24)2)19-7-8-26-12-20(19)25/h3-8,11-12,18H,9-10,13-14H2,1-2H3. The van der Waals surface area contributed by atoms with Crippen LogP contribution >= 0.6 is 0 Å². The molecule has 1 saturated heterocycles. The topological polar surface area (TPSA) is 99.2 Å². The summed E-state index contributed by atoms with van der Waals surface area (Å²) < 4.78 is 26.9. The number of aryl methyl sites for hydroxylation is 1. The van der Waals surface area contributed by atoms with E-state index in [9.17, 15) is 9.18 Å². The molecular weight excluding hydrogens is 439 g/mol. The first-order valence-electron chi connectivity index (χ1n) is 10.9. The number of anilines is 1. The molecule has 0 radical (unpaired) electrons. The van der Waals surface area contributed by atoms with Crippen LogP contribution in [0.1, 0.15) is 17.3 Å². The predicted molar refractivity (Wildman–Crippen MR) is 123 cm³/mol. The fourth-order valence-corrected chi connectivity index (χ4v) is 4.04. The van der Waals surface area contributed by atoms with Gasteiger partial charge in [0.2, 0.25) is 5.95 Å². The third-order valence-corrected chi connectivity index (χ3v) is 5.86. The third kappa shape index (κ3) is 4.32. The van der Waals surface area contributed by atoms with Crippen LogP contribution in [0.4, 0.5) is 10.3 Å². The van der Waals surface area contributed by atoms with Crippen molar-refractivity contribution in [2.24, 2.45) is 7.05 Å². The Morgan fingerprint density at radius 2 is 1.97 bits per heavy atom. The van der Waals surface area contributed by atoms with Crippen molar-refractivity contribution in [3.05, 3.63) is 76.4 Å². The van der Waals surface area contributed by atoms with Gasteiger partial charge in [0.15, 0.2) is 11.6 Å². The summed E-state index contributed by atoms with van der Waals surface area (Å²) in [4.78, 5) is 27.4. The van der Waals surface area contributed by atoms with Crippen LogP contribution in [-0.4, -0.2) is 51.0 Å². The molecule has 3 aromatic heterocycles. The molecule has 1 unspecified atom stereocenters. The Morgan fingerprint density at radius 3 is 2.71 bits per heavy atom. The zero-order valence-corrected chi connectivity index (χ0v) is 18.8. The maximum atomic E-state index is 14.3. The highest BCUT2D eigenvalue weighted by atomic mass is 19.1. The van der Waals surface area contributed by atoms with Gasteiger partial charge in [0.25, 0.3) is 11.4 Å². The van der Waals surface area contributed by atoms with Gasteiger partial charge in [-0.2, -0.15) is 4.98 Å². The molecule has 1 aromatic carbocycles. The van der Waals surface area contributed by atoms with E-state index in [1.54, 1.807) is 14.0 Å². The molecule has 1 aliphatic rings. The van der Waals surface area contributed by atoms with Gasteiger partial charge in [0.05, 0.1) is 25.1 Å². The molecule has 1 atom stereocenters. The molecule has 174 valence electrons. The first kappa shape index (κ1) is 21.9. The highest BCUT2D eigenvalue weighted by Crippen LogP contribution is 2.27. The van der Waals surface area contributed by atoms with E-state index in [0.717, 1.165) is 17.3 Å². The first-order valence-corrected chi connectivity index (χ1v) is 10.9. The van der Waals surface area contributed by atoms with Gasteiger partial charge in [-0.25, -0.2) is 9.37 Å². The molecule has 5 rings (SSSR count). The quantitative estimate of drug-likeness (QED) is 0.457. The maximum Gasteiger partial charge on any atom is 0.257 e. The SMILES string of the molecule is Cc1noc(-c2ccc(C3COCCN(c4nc(-c5ccncc5F)cc(=O)n4C)C3)cc2)n1. The minimum Gasteiger partial charge on any atom is -0.379 e. The van der Waals surface area contributed by atoms with Crippen molar-refractivity contribution in [3.8, 4) is 22.7 Å². The van der Waals surface area contributed by atoms with E-state index in [0.29, 0.717) is 44.0 Å². The molecule has 0 spiro atoms. The Hall–Kier alpha value is -3.92. The Balaban J connectivity index is 1.45. The summed E-state index contributed by atoms with van der Waals surface area (Å²) in [6.07, 6.45) is 2.59. The molecule has 1 aliphatic heterocycles. The van der Waals surface area contributed by atoms with E-state index >= 15 is 0 Å². The van der Waals surface area contributed by atoms with Gasteiger partial charge in [-0.1, -0.05) is 17.3 Å². The number of hydrogen-bond donors (Lipinski definition) is 0. The summed E-state index contributed by atoms with van der Waals surface area (Å²) in [5.74, 6) is 1.04. The molecule has 4 aromatic rings. The van der Waals surface area contributed by atoms with Crippen LogP contribution in [0.25, 0.3) is 22.7 Å². The largest absolute Gasteiger partial charge is 0.379 e. The molecule has 1 fully saturated rings. The number of hydrogen-bond acceptors (Lipinski definition) is 8. The monoisotopic (exact) mass is 462 g/mol. The molecule has 0 saturated carbocycles. The van der Waals surface area contributed by atoms with Crippen molar-refractivity contribution >= 4 is 5.95 Å². The van der Waals surface area contributed by atoms with Gasteiger partial charge in [0.1, 0.15) is 0 Å². The molecule has 0 amide bonds. The van der Waals surface area contributed by atoms with Crippen LogP contribution in [-0.2, 0) is 11.8 Å². The van der Waals surface area contributed by atoms with Gasteiger partial charge in [-0.3, -0.25) is 14.3 Å². The van der Waals surface area contributed by atoms with E-state index in [1.807, 2.05) is 29.2 Å². The molecule has 0 bridgehead atoms. The van der Waals surface area contributed by atoms with Crippen LogP contribution < -0.4 is 10.5 Å². The molecule has 0 N–H and O–H groups in total. The highest BCUT2D eigenvalue weighted by Gasteiger charge is 2.24. The minimum absolute atomic E-state index is 0.0409. The second-order valence-corrected chi connectivity index (χ2v) is 8.18. The molecule has 4 heterocycles. The van der Waals surface area contributed by atoms with E-state index in [-0.39, 0.29) is 22.7 Å². The number of benzene rings is 1. The highest BCUT2D eigenvalue weighted by molar-refractivity contribution is 5.60.